The first-order valence-electron chi connectivity index (χ1n) is 23.6. The average molecular weight is 709 g/mol. The van der Waals surface area contributed by atoms with Crippen LogP contribution in [0.4, 0.5) is 0 Å². The number of aliphatic hydroxyl groups is 2. The van der Waals surface area contributed by atoms with Crippen molar-refractivity contribution in [3.8, 4) is 0 Å². The summed E-state index contributed by atoms with van der Waals surface area (Å²) in [4.78, 5) is 0. The summed E-state index contributed by atoms with van der Waals surface area (Å²) >= 11 is 0. The van der Waals surface area contributed by atoms with E-state index in [-0.39, 0.29) is 13.2 Å². The van der Waals surface area contributed by atoms with Crippen molar-refractivity contribution < 1.29 is 14.9 Å². The predicted octanol–water partition coefficient (Wildman–Crippen LogP) is 15.6. The van der Waals surface area contributed by atoms with Crippen LogP contribution in [-0.4, -0.2) is 36.1 Å². The van der Waals surface area contributed by atoms with Crippen LogP contribution >= 0.6 is 0 Å². The molecule has 50 heavy (non-hydrogen) atoms. The second-order valence-corrected chi connectivity index (χ2v) is 16.5. The van der Waals surface area contributed by atoms with E-state index < -0.39 is 6.10 Å². The summed E-state index contributed by atoms with van der Waals surface area (Å²) in [6, 6.07) is 0. The molecule has 302 valence electrons. The Kier molecular flexibility index (Phi) is 44.9. The van der Waals surface area contributed by atoms with Crippen molar-refractivity contribution in [3.05, 3.63) is 0 Å². The number of hydrogen-bond donors (Lipinski definition) is 2. The van der Waals surface area contributed by atoms with Crippen molar-refractivity contribution >= 4 is 0 Å². The molecule has 0 bridgehead atoms. The zero-order valence-corrected chi connectivity index (χ0v) is 34.9. The molecule has 0 rings (SSSR count). The lowest BCUT2D eigenvalue weighted by molar-refractivity contribution is -0.00677. The van der Waals surface area contributed by atoms with Crippen LogP contribution in [0.1, 0.15) is 271 Å². The Hall–Kier alpha value is -0.120. The molecule has 2 N–H and O–H groups in total. The molecular formula is C47H96O3. The van der Waals surface area contributed by atoms with Crippen molar-refractivity contribution in [2.45, 2.75) is 277 Å². The normalized spacial score (nSPS) is 13.0. The third-order valence-electron chi connectivity index (χ3n) is 11.3. The second-order valence-electron chi connectivity index (χ2n) is 16.5. The Morgan fingerprint density at radius 2 is 0.540 bits per heavy atom. The van der Waals surface area contributed by atoms with E-state index in [0.717, 1.165) is 6.61 Å². The minimum Gasteiger partial charge on any atom is -0.394 e. The van der Waals surface area contributed by atoms with Gasteiger partial charge in [-0.1, -0.05) is 258 Å². The lowest BCUT2D eigenvalue weighted by Crippen LogP contribution is -2.22. The standard InChI is InChI=1S/C47H96O3/c1-3-5-7-9-11-13-15-17-19-21-23-24-26-28-30-32-34-36-38-40-42-46(44-50-45-47(49)43-48)41-39-37-35-33-31-29-27-25-22-20-18-16-14-12-10-8-6-4-2/h46-49H,3-45H2,1-2H3. The van der Waals surface area contributed by atoms with Gasteiger partial charge in [-0.15, -0.1) is 0 Å². The number of unbranched alkanes of at least 4 members (excludes halogenated alkanes) is 36. The van der Waals surface area contributed by atoms with Gasteiger partial charge in [0, 0.05) is 6.61 Å². The molecular weight excluding hydrogens is 613 g/mol. The van der Waals surface area contributed by atoms with E-state index >= 15 is 0 Å². The molecule has 0 aromatic carbocycles. The van der Waals surface area contributed by atoms with Crippen LogP contribution in [0.3, 0.4) is 0 Å². The minimum atomic E-state index is -0.736. The number of aliphatic hydroxyl groups excluding tert-OH is 2. The van der Waals surface area contributed by atoms with Gasteiger partial charge in [0.25, 0.3) is 0 Å². The molecule has 0 fully saturated rings. The Balaban J connectivity index is 3.64. The summed E-state index contributed by atoms with van der Waals surface area (Å²) in [5.41, 5.74) is 0. The van der Waals surface area contributed by atoms with Crippen molar-refractivity contribution in [1.82, 2.24) is 0 Å². The maximum atomic E-state index is 9.69. The molecule has 0 aliphatic heterocycles. The van der Waals surface area contributed by atoms with Crippen LogP contribution in [0.15, 0.2) is 0 Å². The van der Waals surface area contributed by atoms with Crippen LogP contribution in [0.5, 0.6) is 0 Å². The molecule has 2 atom stereocenters. The fraction of sp³-hybridized carbons (Fsp3) is 1.00. The topological polar surface area (TPSA) is 49.7 Å². The van der Waals surface area contributed by atoms with Crippen LogP contribution in [0.2, 0.25) is 0 Å². The quantitative estimate of drug-likeness (QED) is 0.0619. The summed E-state index contributed by atoms with van der Waals surface area (Å²) in [5.74, 6) is 0.609. The largest absolute Gasteiger partial charge is 0.394 e. The molecule has 0 amide bonds. The lowest BCUT2D eigenvalue weighted by atomic mass is 9.94. The second kappa shape index (κ2) is 45.0. The van der Waals surface area contributed by atoms with E-state index in [0.29, 0.717) is 5.92 Å². The van der Waals surface area contributed by atoms with Crippen LogP contribution < -0.4 is 0 Å². The van der Waals surface area contributed by atoms with Gasteiger partial charge in [0.05, 0.1) is 13.2 Å². The van der Waals surface area contributed by atoms with E-state index in [9.17, 15) is 5.11 Å². The van der Waals surface area contributed by atoms with E-state index in [1.165, 1.54) is 257 Å². The Labute approximate surface area is 316 Å². The molecule has 3 nitrogen and oxygen atoms in total. The van der Waals surface area contributed by atoms with Crippen molar-refractivity contribution in [1.29, 1.82) is 0 Å². The maximum absolute atomic E-state index is 9.69. The molecule has 3 heteroatoms. The van der Waals surface area contributed by atoms with Gasteiger partial charge in [-0.3, -0.25) is 0 Å². The Morgan fingerprint density at radius 3 is 0.760 bits per heavy atom. The number of hydrogen-bond acceptors (Lipinski definition) is 3. The van der Waals surface area contributed by atoms with Crippen molar-refractivity contribution in [3.63, 3.8) is 0 Å². The summed E-state index contributed by atoms with van der Waals surface area (Å²) in [6.45, 7) is 5.41. The highest BCUT2D eigenvalue weighted by Crippen LogP contribution is 2.21. The van der Waals surface area contributed by atoms with E-state index in [2.05, 4.69) is 13.8 Å². The van der Waals surface area contributed by atoms with Crippen molar-refractivity contribution in [2.24, 2.45) is 5.92 Å². The molecule has 0 saturated carbocycles. The maximum Gasteiger partial charge on any atom is 0.100 e. The van der Waals surface area contributed by atoms with Gasteiger partial charge in [0.15, 0.2) is 0 Å². The highest BCUT2D eigenvalue weighted by atomic mass is 16.5. The van der Waals surface area contributed by atoms with Crippen LogP contribution in [-0.2, 0) is 4.74 Å². The van der Waals surface area contributed by atoms with E-state index in [1.54, 1.807) is 0 Å². The minimum absolute atomic E-state index is 0.205. The number of rotatable bonds is 45. The van der Waals surface area contributed by atoms with Gasteiger partial charge in [-0.05, 0) is 18.8 Å². The first kappa shape index (κ1) is 49.9. The first-order valence-corrected chi connectivity index (χ1v) is 23.6. The fourth-order valence-electron chi connectivity index (χ4n) is 7.76. The van der Waals surface area contributed by atoms with E-state index in [4.69, 9.17) is 9.84 Å². The zero-order chi connectivity index (χ0) is 36.3. The monoisotopic (exact) mass is 709 g/mol. The van der Waals surface area contributed by atoms with E-state index in [1.807, 2.05) is 0 Å². The summed E-state index contributed by atoms with van der Waals surface area (Å²) < 4.78 is 5.82. The number of ether oxygens (including phenoxy) is 1. The first-order chi connectivity index (χ1) is 24.7. The summed E-state index contributed by atoms with van der Waals surface area (Å²) in [5, 5.41) is 18.8. The molecule has 0 saturated heterocycles. The Bertz CT molecular complexity index is 581. The van der Waals surface area contributed by atoms with Gasteiger partial charge >= 0.3 is 0 Å². The Morgan fingerprint density at radius 1 is 0.320 bits per heavy atom. The smallest absolute Gasteiger partial charge is 0.100 e. The lowest BCUT2D eigenvalue weighted by Gasteiger charge is -2.18. The summed E-state index contributed by atoms with van der Waals surface area (Å²) in [7, 11) is 0. The zero-order valence-electron chi connectivity index (χ0n) is 34.9. The third kappa shape index (κ3) is 42.3. The highest BCUT2D eigenvalue weighted by molar-refractivity contribution is 4.62. The van der Waals surface area contributed by atoms with Gasteiger partial charge in [0.1, 0.15) is 6.10 Å². The van der Waals surface area contributed by atoms with Crippen molar-refractivity contribution in [2.75, 3.05) is 19.8 Å². The molecule has 0 aliphatic rings. The predicted molar refractivity (Wildman–Crippen MR) is 223 cm³/mol. The van der Waals surface area contributed by atoms with Crippen LogP contribution in [0.25, 0.3) is 0 Å². The van der Waals surface area contributed by atoms with Gasteiger partial charge < -0.3 is 14.9 Å². The average Bonchev–Trinajstić information content (AvgIpc) is 3.13. The van der Waals surface area contributed by atoms with Gasteiger partial charge in [0.2, 0.25) is 0 Å². The molecule has 2 unspecified atom stereocenters. The highest BCUT2D eigenvalue weighted by Gasteiger charge is 2.11. The molecule has 0 aromatic heterocycles. The van der Waals surface area contributed by atoms with Gasteiger partial charge in [-0.2, -0.15) is 0 Å². The third-order valence-corrected chi connectivity index (χ3v) is 11.3. The van der Waals surface area contributed by atoms with Gasteiger partial charge in [-0.25, -0.2) is 0 Å². The van der Waals surface area contributed by atoms with Crippen LogP contribution in [0, 0.1) is 5.92 Å². The molecule has 0 spiro atoms. The fourth-order valence-corrected chi connectivity index (χ4v) is 7.76. The molecule has 0 heterocycles. The molecule has 0 aromatic rings. The molecule has 0 radical (unpaired) electrons. The SMILES string of the molecule is CCCCCCCCCCCCCCCCCCCCCCC(CCCCCCCCCCCCCCCCCCCC)COCC(O)CO. The molecule has 0 aliphatic carbocycles. The summed E-state index contributed by atoms with van der Waals surface area (Å²) in [6.07, 6.45) is 56.0.